The van der Waals surface area contributed by atoms with Crippen molar-refractivity contribution in [3.8, 4) is 22.3 Å². The van der Waals surface area contributed by atoms with Crippen molar-refractivity contribution in [2.75, 3.05) is 5.12 Å². The summed E-state index contributed by atoms with van der Waals surface area (Å²) in [7, 11) is 0. The van der Waals surface area contributed by atoms with Gasteiger partial charge in [0.25, 0.3) is 0 Å². The summed E-state index contributed by atoms with van der Waals surface area (Å²) < 4.78 is 2.45. The van der Waals surface area contributed by atoms with Gasteiger partial charge in [0, 0.05) is 10.8 Å². The van der Waals surface area contributed by atoms with Gasteiger partial charge in [0.1, 0.15) is 12.3 Å². The van der Waals surface area contributed by atoms with Crippen LogP contribution in [0.25, 0.3) is 44.1 Å². The van der Waals surface area contributed by atoms with Crippen LogP contribution in [0.5, 0.6) is 0 Å². The molecule has 1 aromatic heterocycles. The SMILES string of the molecule is CC1C=C(C2NC(c3ccccc3)NN2n2c3ccc(-c4ccccc4)cc3c3c4c(ccc32)C(c2ccccc2)(c2ccccc2)c2ccccc2-4)C=CC1. The molecule has 3 aliphatic rings. The number of rotatable bonds is 6. The summed E-state index contributed by atoms with van der Waals surface area (Å²) in [6.45, 7) is 2.31. The maximum absolute atomic E-state index is 4.00. The summed E-state index contributed by atoms with van der Waals surface area (Å²) in [6.07, 6.45) is 7.93. The van der Waals surface area contributed by atoms with Gasteiger partial charge < -0.3 is 0 Å². The third kappa shape index (κ3) is 4.93. The molecule has 0 saturated carbocycles. The van der Waals surface area contributed by atoms with Crippen LogP contribution in [0.1, 0.15) is 47.3 Å². The fourth-order valence-corrected chi connectivity index (χ4v) is 9.82. The lowest BCUT2D eigenvalue weighted by Gasteiger charge is -2.34. The topological polar surface area (TPSA) is 32.2 Å². The highest BCUT2D eigenvalue weighted by Gasteiger charge is 2.47. The van der Waals surface area contributed by atoms with Crippen molar-refractivity contribution in [3.05, 3.63) is 228 Å². The van der Waals surface area contributed by atoms with Crippen LogP contribution < -0.4 is 15.9 Å². The van der Waals surface area contributed by atoms with E-state index < -0.39 is 5.41 Å². The summed E-state index contributed by atoms with van der Waals surface area (Å²) in [4.78, 5) is 0. The van der Waals surface area contributed by atoms with Crippen molar-refractivity contribution in [3.63, 3.8) is 0 Å². The molecule has 1 aliphatic heterocycles. The van der Waals surface area contributed by atoms with E-state index in [0.29, 0.717) is 5.92 Å². The van der Waals surface area contributed by atoms with E-state index in [1.54, 1.807) is 0 Å². The molecular weight excluding hydrogens is 681 g/mol. The third-order valence-corrected chi connectivity index (χ3v) is 12.2. The summed E-state index contributed by atoms with van der Waals surface area (Å²) >= 11 is 0. The molecule has 56 heavy (non-hydrogen) atoms. The van der Waals surface area contributed by atoms with Gasteiger partial charge in [0.15, 0.2) is 0 Å². The predicted molar refractivity (Wildman–Crippen MR) is 231 cm³/mol. The second-order valence-electron chi connectivity index (χ2n) is 15.5. The van der Waals surface area contributed by atoms with Crippen LogP contribution in [0.2, 0.25) is 0 Å². The molecule has 7 aromatic carbocycles. The van der Waals surface area contributed by atoms with Crippen molar-refractivity contribution in [1.82, 2.24) is 15.4 Å². The average molecular weight is 723 g/mol. The van der Waals surface area contributed by atoms with Crippen LogP contribution in [0.4, 0.5) is 0 Å². The number of aromatic nitrogens is 1. The number of nitrogens with one attached hydrogen (secondary N) is 2. The first-order chi connectivity index (χ1) is 27.7. The Bertz CT molecular complexity index is 2760. The van der Waals surface area contributed by atoms with Gasteiger partial charge >= 0.3 is 0 Å². The molecule has 0 spiro atoms. The largest absolute Gasteiger partial charge is 0.270 e. The summed E-state index contributed by atoms with van der Waals surface area (Å²) in [5, 5.41) is 8.85. The first kappa shape index (κ1) is 32.9. The van der Waals surface area contributed by atoms with E-state index in [9.17, 15) is 0 Å². The van der Waals surface area contributed by atoms with Gasteiger partial charge in [-0.05, 0) is 86.2 Å². The van der Waals surface area contributed by atoms with Crippen molar-refractivity contribution < 1.29 is 0 Å². The van der Waals surface area contributed by atoms with E-state index >= 15 is 0 Å². The number of nitrogens with zero attached hydrogens (tertiary/aromatic N) is 2. The molecule has 2 N–H and O–H groups in total. The second-order valence-corrected chi connectivity index (χ2v) is 15.5. The van der Waals surface area contributed by atoms with Crippen molar-refractivity contribution in [1.29, 1.82) is 0 Å². The molecule has 0 bridgehead atoms. The number of benzene rings is 7. The maximum atomic E-state index is 4.00. The van der Waals surface area contributed by atoms with Crippen LogP contribution in [-0.4, -0.2) is 10.8 Å². The molecule has 11 rings (SSSR count). The van der Waals surface area contributed by atoms with Gasteiger partial charge in [-0.15, -0.1) is 0 Å². The predicted octanol–water partition coefficient (Wildman–Crippen LogP) is 11.4. The zero-order chi connectivity index (χ0) is 37.2. The number of fused-ring (bicyclic) bond motifs is 7. The van der Waals surface area contributed by atoms with E-state index in [1.807, 2.05) is 0 Å². The minimum Gasteiger partial charge on any atom is -0.270 e. The normalized spacial score (nSPS) is 19.6. The Kier molecular flexibility index (Phi) is 7.70. The monoisotopic (exact) mass is 722 g/mol. The summed E-state index contributed by atoms with van der Waals surface area (Å²) in [5.74, 6) is 0.463. The van der Waals surface area contributed by atoms with Gasteiger partial charge in [0.05, 0.1) is 16.4 Å². The van der Waals surface area contributed by atoms with Gasteiger partial charge in [-0.25, -0.2) is 9.79 Å². The Labute approximate surface area is 328 Å². The average Bonchev–Trinajstić information content (AvgIpc) is 3.94. The zero-order valence-electron chi connectivity index (χ0n) is 31.3. The lowest BCUT2D eigenvalue weighted by Crippen LogP contribution is -2.48. The van der Waals surface area contributed by atoms with Gasteiger partial charge in [-0.2, -0.15) is 5.43 Å². The molecule has 0 radical (unpaired) electrons. The molecule has 2 aliphatic carbocycles. The molecular formula is C52H42N4. The fraction of sp³-hybridized carbons (Fsp3) is 0.115. The molecule has 3 atom stereocenters. The Morgan fingerprint density at radius 2 is 1.25 bits per heavy atom. The fourth-order valence-electron chi connectivity index (χ4n) is 9.82. The lowest BCUT2D eigenvalue weighted by molar-refractivity contribution is 0.523. The van der Waals surface area contributed by atoms with E-state index in [-0.39, 0.29) is 12.3 Å². The smallest absolute Gasteiger partial charge is 0.139 e. The van der Waals surface area contributed by atoms with Crippen LogP contribution in [0.15, 0.2) is 200 Å². The molecule has 0 amide bonds. The summed E-state index contributed by atoms with van der Waals surface area (Å²) in [6, 6.07) is 64.7. The number of hydrogen-bond acceptors (Lipinski definition) is 3. The van der Waals surface area contributed by atoms with Crippen molar-refractivity contribution >= 4 is 21.8 Å². The van der Waals surface area contributed by atoms with Crippen LogP contribution in [0.3, 0.4) is 0 Å². The molecule has 8 aromatic rings. The first-order valence-electron chi connectivity index (χ1n) is 19.8. The number of hydrazine groups is 1. The second kappa shape index (κ2) is 13.1. The van der Waals surface area contributed by atoms with Gasteiger partial charge in [0.2, 0.25) is 0 Å². The molecule has 1 saturated heterocycles. The molecule has 4 nitrogen and oxygen atoms in total. The Morgan fingerprint density at radius 3 is 1.96 bits per heavy atom. The van der Waals surface area contributed by atoms with Gasteiger partial charge in [-0.1, -0.05) is 183 Å². The molecule has 2 heterocycles. The third-order valence-electron chi connectivity index (χ3n) is 12.2. The van der Waals surface area contributed by atoms with Crippen LogP contribution >= 0.6 is 0 Å². The molecule has 3 unspecified atom stereocenters. The Morgan fingerprint density at radius 1 is 0.607 bits per heavy atom. The van der Waals surface area contributed by atoms with E-state index in [4.69, 9.17) is 0 Å². The molecule has 270 valence electrons. The number of allylic oxidation sites excluding steroid dienone is 2. The number of hydrogen-bond donors (Lipinski definition) is 2. The minimum absolute atomic E-state index is 0.0808. The van der Waals surface area contributed by atoms with E-state index in [2.05, 4.69) is 222 Å². The maximum Gasteiger partial charge on any atom is 0.139 e. The van der Waals surface area contributed by atoms with E-state index in [0.717, 1.165) is 17.5 Å². The highest BCUT2D eigenvalue weighted by atomic mass is 15.8. The van der Waals surface area contributed by atoms with Crippen LogP contribution in [0, 0.1) is 5.92 Å². The molecule has 4 heteroatoms. The quantitative estimate of drug-likeness (QED) is 0.179. The highest BCUT2D eigenvalue weighted by molar-refractivity contribution is 6.18. The van der Waals surface area contributed by atoms with Crippen molar-refractivity contribution in [2.24, 2.45) is 5.92 Å². The van der Waals surface area contributed by atoms with Gasteiger partial charge in [-0.3, -0.25) is 5.32 Å². The van der Waals surface area contributed by atoms with Crippen LogP contribution in [-0.2, 0) is 5.41 Å². The highest BCUT2D eigenvalue weighted by Crippen LogP contribution is 2.58. The Balaban J connectivity index is 1.24. The molecule has 1 fully saturated rings. The first-order valence-corrected chi connectivity index (χ1v) is 19.8. The minimum atomic E-state index is -0.490. The lowest BCUT2D eigenvalue weighted by atomic mass is 9.67. The van der Waals surface area contributed by atoms with Crippen molar-refractivity contribution in [2.45, 2.75) is 31.1 Å². The zero-order valence-corrected chi connectivity index (χ0v) is 31.3. The Hall–Kier alpha value is -6.46. The standard InChI is InChI=1S/C52H42N4/c1-35-17-16-22-39(33-35)51-53-50(37-20-8-3-9-21-37)54-56(51)55-46-31-29-38(36-18-6-2-7-19-36)34-43(46)49-47(55)32-30-45-48(49)42-27-14-15-28-44(42)52(45,40-23-10-4-11-24-40)41-25-12-5-13-26-41/h2-16,18-35,50-51,53-54H,17H2,1H3. The van der Waals surface area contributed by atoms with E-state index in [1.165, 1.54) is 66.4 Å². The summed E-state index contributed by atoms with van der Waals surface area (Å²) in [5.41, 5.74) is 18.4.